The van der Waals surface area contributed by atoms with Crippen molar-refractivity contribution in [1.29, 1.82) is 0 Å². The molecule has 2 nitrogen and oxygen atoms in total. The van der Waals surface area contributed by atoms with Gasteiger partial charge >= 0.3 is 0 Å². The molecule has 0 aromatic carbocycles. The highest BCUT2D eigenvalue weighted by Gasteiger charge is 2.40. The molecule has 1 unspecified atom stereocenters. The summed E-state index contributed by atoms with van der Waals surface area (Å²) < 4.78 is 20.3. The highest BCUT2D eigenvalue weighted by Crippen LogP contribution is 2.40. The molecule has 1 saturated carbocycles. The minimum absolute atomic E-state index is 0.118. The Morgan fingerprint density at radius 3 is 2.11 bits per heavy atom. The van der Waals surface area contributed by atoms with E-state index in [-0.39, 0.29) is 23.7 Å². The van der Waals surface area contributed by atoms with Gasteiger partial charge in [-0.05, 0) is 44.4 Å². The molecule has 1 heterocycles. The molecule has 2 aliphatic rings. The van der Waals surface area contributed by atoms with Crippen molar-refractivity contribution in [3.63, 3.8) is 0 Å². The van der Waals surface area contributed by atoms with Crippen LogP contribution in [0.15, 0.2) is 0 Å². The van der Waals surface area contributed by atoms with Gasteiger partial charge in [-0.3, -0.25) is 4.90 Å². The lowest BCUT2D eigenvalue weighted by Gasteiger charge is -2.46. The van der Waals surface area contributed by atoms with Crippen LogP contribution in [0.5, 0.6) is 0 Å². The SMILES string of the molecule is C[C@@H]1CN([C@@H]2CCC(C(C)(C)C)C[C@@H]2F)C[C@H](C)O1. The number of morpholine rings is 1. The van der Waals surface area contributed by atoms with Crippen molar-refractivity contribution in [3.05, 3.63) is 0 Å². The standard InChI is InChI=1S/C16H30FNO/c1-11-9-18(10-12(2)19-11)15-7-6-13(8-14(15)17)16(3,4)5/h11-15H,6-10H2,1-5H3/t11-,12+,13?,14-,15+/m0/s1. The largest absolute Gasteiger partial charge is 0.373 e. The summed E-state index contributed by atoms with van der Waals surface area (Å²) in [4.78, 5) is 2.34. The van der Waals surface area contributed by atoms with E-state index in [1.807, 2.05) is 0 Å². The third-order valence-electron chi connectivity index (χ3n) is 4.88. The fourth-order valence-corrected chi connectivity index (χ4v) is 3.79. The van der Waals surface area contributed by atoms with Crippen LogP contribution in [-0.2, 0) is 4.74 Å². The zero-order valence-electron chi connectivity index (χ0n) is 13.2. The van der Waals surface area contributed by atoms with E-state index in [2.05, 4.69) is 39.5 Å². The molecule has 1 aliphatic carbocycles. The second-order valence-electron chi connectivity index (χ2n) is 7.67. The van der Waals surface area contributed by atoms with Gasteiger partial charge in [-0.2, -0.15) is 0 Å². The fraction of sp³-hybridized carbons (Fsp3) is 1.00. The molecule has 0 N–H and O–H groups in total. The first-order chi connectivity index (χ1) is 8.77. The van der Waals surface area contributed by atoms with Crippen LogP contribution < -0.4 is 0 Å². The highest BCUT2D eigenvalue weighted by molar-refractivity contribution is 4.92. The fourth-order valence-electron chi connectivity index (χ4n) is 3.79. The number of hydrogen-bond donors (Lipinski definition) is 0. The molecule has 0 bridgehead atoms. The number of ether oxygens (including phenoxy) is 1. The normalized spacial score (nSPS) is 42.3. The van der Waals surface area contributed by atoms with Crippen LogP contribution >= 0.6 is 0 Å². The van der Waals surface area contributed by atoms with E-state index in [4.69, 9.17) is 4.74 Å². The van der Waals surface area contributed by atoms with Gasteiger partial charge in [0, 0.05) is 19.1 Å². The summed E-state index contributed by atoms with van der Waals surface area (Å²) in [5.74, 6) is 0.523. The van der Waals surface area contributed by atoms with E-state index in [0.717, 1.165) is 32.4 Å². The third kappa shape index (κ3) is 3.69. The number of alkyl halides is 1. The lowest BCUT2D eigenvalue weighted by molar-refractivity contribution is -0.0986. The maximum atomic E-state index is 14.6. The smallest absolute Gasteiger partial charge is 0.116 e. The maximum absolute atomic E-state index is 14.6. The summed E-state index contributed by atoms with van der Waals surface area (Å²) in [6.45, 7) is 12.7. The molecule has 0 spiro atoms. The zero-order chi connectivity index (χ0) is 14.2. The van der Waals surface area contributed by atoms with Crippen molar-refractivity contribution in [1.82, 2.24) is 4.90 Å². The van der Waals surface area contributed by atoms with E-state index in [0.29, 0.717) is 5.92 Å². The first-order valence-electron chi connectivity index (χ1n) is 7.81. The minimum atomic E-state index is -0.671. The van der Waals surface area contributed by atoms with Gasteiger partial charge in [0.2, 0.25) is 0 Å². The van der Waals surface area contributed by atoms with E-state index < -0.39 is 6.17 Å². The number of nitrogens with zero attached hydrogens (tertiary/aromatic N) is 1. The molecule has 0 aromatic heterocycles. The molecule has 3 heteroatoms. The molecule has 0 radical (unpaired) electrons. The molecule has 112 valence electrons. The minimum Gasteiger partial charge on any atom is -0.373 e. The molecule has 2 rings (SSSR count). The molecule has 1 saturated heterocycles. The first-order valence-corrected chi connectivity index (χ1v) is 7.81. The summed E-state index contributed by atoms with van der Waals surface area (Å²) in [6, 6.07) is 0.118. The summed E-state index contributed by atoms with van der Waals surface area (Å²) in [6.07, 6.45) is 2.69. The second kappa shape index (κ2) is 5.69. The van der Waals surface area contributed by atoms with E-state index in [9.17, 15) is 4.39 Å². The monoisotopic (exact) mass is 271 g/mol. The third-order valence-corrected chi connectivity index (χ3v) is 4.88. The molecular formula is C16H30FNO. The lowest BCUT2D eigenvalue weighted by Crippen LogP contribution is -2.54. The van der Waals surface area contributed by atoms with Gasteiger partial charge in [-0.25, -0.2) is 4.39 Å². The second-order valence-corrected chi connectivity index (χ2v) is 7.67. The molecular weight excluding hydrogens is 241 g/mol. The Balaban J connectivity index is 1.96. The van der Waals surface area contributed by atoms with E-state index in [1.54, 1.807) is 0 Å². The predicted molar refractivity (Wildman–Crippen MR) is 77.1 cm³/mol. The average Bonchev–Trinajstić information content (AvgIpc) is 2.26. The molecule has 19 heavy (non-hydrogen) atoms. The van der Waals surface area contributed by atoms with Gasteiger partial charge in [0.15, 0.2) is 0 Å². The quantitative estimate of drug-likeness (QED) is 0.722. The Morgan fingerprint density at radius 2 is 1.63 bits per heavy atom. The van der Waals surface area contributed by atoms with E-state index in [1.165, 1.54) is 0 Å². The van der Waals surface area contributed by atoms with Gasteiger partial charge in [0.1, 0.15) is 6.17 Å². The van der Waals surface area contributed by atoms with Crippen LogP contribution in [0.2, 0.25) is 0 Å². The molecule has 1 aliphatic heterocycles. The predicted octanol–water partition coefficient (Wildman–Crippen LogP) is 3.65. The van der Waals surface area contributed by atoms with Gasteiger partial charge in [-0.15, -0.1) is 0 Å². The summed E-state index contributed by atoms with van der Waals surface area (Å²) in [5.41, 5.74) is 0.237. The van der Waals surface area contributed by atoms with Crippen LogP contribution in [0, 0.1) is 11.3 Å². The Morgan fingerprint density at radius 1 is 1.05 bits per heavy atom. The van der Waals surface area contributed by atoms with Crippen molar-refractivity contribution in [2.45, 2.75) is 78.3 Å². The average molecular weight is 271 g/mol. The van der Waals surface area contributed by atoms with Crippen molar-refractivity contribution < 1.29 is 9.13 Å². The Kier molecular flexibility index (Phi) is 4.56. The summed E-state index contributed by atoms with van der Waals surface area (Å²) in [5, 5.41) is 0. The lowest BCUT2D eigenvalue weighted by atomic mass is 9.70. The van der Waals surface area contributed by atoms with Gasteiger partial charge in [0.05, 0.1) is 12.2 Å². The van der Waals surface area contributed by atoms with Crippen LogP contribution in [0.25, 0.3) is 0 Å². The first kappa shape index (κ1) is 15.2. The summed E-state index contributed by atoms with van der Waals surface area (Å²) in [7, 11) is 0. The van der Waals surface area contributed by atoms with Crippen LogP contribution in [0.3, 0.4) is 0 Å². The Labute approximate surface area is 117 Å². The molecule has 0 aromatic rings. The van der Waals surface area contributed by atoms with Crippen molar-refractivity contribution in [2.75, 3.05) is 13.1 Å². The Hall–Kier alpha value is -0.150. The molecule has 2 fully saturated rings. The number of rotatable bonds is 1. The van der Waals surface area contributed by atoms with Crippen molar-refractivity contribution in [2.24, 2.45) is 11.3 Å². The topological polar surface area (TPSA) is 12.5 Å². The highest BCUT2D eigenvalue weighted by atomic mass is 19.1. The number of halogens is 1. The van der Waals surface area contributed by atoms with Crippen LogP contribution in [0.1, 0.15) is 53.9 Å². The van der Waals surface area contributed by atoms with Crippen LogP contribution in [0.4, 0.5) is 4.39 Å². The van der Waals surface area contributed by atoms with Gasteiger partial charge < -0.3 is 4.74 Å². The van der Waals surface area contributed by atoms with E-state index >= 15 is 0 Å². The summed E-state index contributed by atoms with van der Waals surface area (Å²) >= 11 is 0. The zero-order valence-corrected chi connectivity index (χ0v) is 13.2. The van der Waals surface area contributed by atoms with Crippen molar-refractivity contribution in [3.8, 4) is 0 Å². The maximum Gasteiger partial charge on any atom is 0.116 e. The number of hydrogen-bond acceptors (Lipinski definition) is 2. The molecule has 5 atom stereocenters. The Bertz CT molecular complexity index is 292. The van der Waals surface area contributed by atoms with Crippen molar-refractivity contribution >= 4 is 0 Å². The van der Waals surface area contributed by atoms with Gasteiger partial charge in [0.25, 0.3) is 0 Å². The molecule has 0 amide bonds. The van der Waals surface area contributed by atoms with Crippen LogP contribution in [-0.4, -0.2) is 42.4 Å². The van der Waals surface area contributed by atoms with Gasteiger partial charge in [-0.1, -0.05) is 20.8 Å².